The van der Waals surface area contributed by atoms with Crippen molar-refractivity contribution in [3.63, 3.8) is 0 Å². The van der Waals surface area contributed by atoms with Crippen LogP contribution in [-0.2, 0) is 14.8 Å². The van der Waals surface area contributed by atoms with Gasteiger partial charge in [-0.25, -0.2) is 13.1 Å². The van der Waals surface area contributed by atoms with E-state index in [2.05, 4.69) is 15.4 Å². The van der Waals surface area contributed by atoms with Crippen molar-refractivity contribution in [3.8, 4) is 0 Å². The van der Waals surface area contributed by atoms with E-state index in [1.54, 1.807) is 43.3 Å². The molecule has 27 heavy (non-hydrogen) atoms. The van der Waals surface area contributed by atoms with Crippen molar-refractivity contribution in [2.24, 2.45) is 0 Å². The Labute approximate surface area is 163 Å². The van der Waals surface area contributed by atoms with Gasteiger partial charge in [-0.1, -0.05) is 29.8 Å². The molecular formula is C18H20ClN3O4S. The molecule has 2 rings (SSSR count). The van der Waals surface area contributed by atoms with Gasteiger partial charge in [-0.3, -0.25) is 9.59 Å². The van der Waals surface area contributed by atoms with Gasteiger partial charge >= 0.3 is 0 Å². The predicted octanol–water partition coefficient (Wildman–Crippen LogP) is 2.32. The highest BCUT2D eigenvalue weighted by molar-refractivity contribution is 7.89. The Bertz CT molecular complexity index is 961. The van der Waals surface area contributed by atoms with Crippen LogP contribution in [-0.4, -0.2) is 33.8 Å². The van der Waals surface area contributed by atoms with E-state index in [0.717, 1.165) is 0 Å². The van der Waals surface area contributed by atoms with Crippen molar-refractivity contribution in [2.45, 2.75) is 18.2 Å². The van der Waals surface area contributed by atoms with Gasteiger partial charge in [0, 0.05) is 18.7 Å². The number of hydrogen-bond donors (Lipinski definition) is 3. The van der Waals surface area contributed by atoms with Crippen molar-refractivity contribution in [2.75, 3.05) is 18.9 Å². The summed E-state index contributed by atoms with van der Waals surface area (Å²) in [6, 6.07) is 11.2. The van der Waals surface area contributed by atoms with Crippen LogP contribution < -0.4 is 15.4 Å². The number of carbonyl (C=O) groups excluding carboxylic acids is 2. The maximum atomic E-state index is 12.1. The molecular weight excluding hydrogens is 390 g/mol. The second kappa shape index (κ2) is 8.98. The van der Waals surface area contributed by atoms with Gasteiger partial charge in [0.25, 0.3) is 5.91 Å². The summed E-state index contributed by atoms with van der Waals surface area (Å²) in [6.07, 6.45) is 0.0260. The first-order chi connectivity index (χ1) is 12.7. The molecule has 0 fully saturated rings. The molecule has 0 aromatic heterocycles. The maximum absolute atomic E-state index is 12.1. The first kappa shape index (κ1) is 20.9. The van der Waals surface area contributed by atoms with E-state index in [0.29, 0.717) is 21.8 Å². The fourth-order valence-electron chi connectivity index (χ4n) is 2.33. The van der Waals surface area contributed by atoms with E-state index in [9.17, 15) is 18.0 Å². The Balaban J connectivity index is 1.94. The lowest BCUT2D eigenvalue weighted by Crippen LogP contribution is -2.28. The molecule has 144 valence electrons. The molecule has 0 aliphatic carbocycles. The van der Waals surface area contributed by atoms with Crippen LogP contribution in [0.5, 0.6) is 0 Å². The fourth-order valence-corrected chi connectivity index (χ4v) is 3.55. The number of nitrogens with one attached hydrogen (secondary N) is 3. The standard InChI is InChI=1S/C18H20ClN3O4S/c1-12-7-8-13(11-16(12)27(25,26)20-2)22-17(23)9-10-21-18(24)14-5-3-4-6-15(14)19/h3-8,11,20H,9-10H2,1-2H3,(H,21,24)(H,22,23). The first-order valence-electron chi connectivity index (χ1n) is 8.11. The van der Waals surface area contributed by atoms with E-state index in [1.807, 2.05) is 0 Å². The van der Waals surface area contributed by atoms with Gasteiger partial charge in [-0.05, 0) is 43.8 Å². The van der Waals surface area contributed by atoms with Crippen molar-refractivity contribution in [1.82, 2.24) is 10.0 Å². The molecule has 2 aromatic rings. The van der Waals surface area contributed by atoms with Gasteiger partial charge in [0.15, 0.2) is 0 Å². The zero-order valence-corrected chi connectivity index (χ0v) is 16.4. The van der Waals surface area contributed by atoms with Crippen LogP contribution in [0.4, 0.5) is 5.69 Å². The average molecular weight is 410 g/mol. The molecule has 0 radical (unpaired) electrons. The van der Waals surface area contributed by atoms with E-state index >= 15 is 0 Å². The van der Waals surface area contributed by atoms with Crippen LogP contribution in [0.3, 0.4) is 0 Å². The van der Waals surface area contributed by atoms with Gasteiger partial charge in [0.05, 0.1) is 15.5 Å². The Kier molecular flexibility index (Phi) is 6.95. The highest BCUT2D eigenvalue weighted by Gasteiger charge is 2.16. The third kappa shape index (κ3) is 5.53. The molecule has 7 nitrogen and oxygen atoms in total. The van der Waals surface area contributed by atoms with Crippen LogP contribution >= 0.6 is 11.6 Å². The van der Waals surface area contributed by atoms with E-state index in [-0.39, 0.29) is 29.7 Å². The third-order valence-corrected chi connectivity index (χ3v) is 5.67. The summed E-state index contributed by atoms with van der Waals surface area (Å²) in [5.74, 6) is -0.725. The Morgan fingerprint density at radius 3 is 2.48 bits per heavy atom. The van der Waals surface area contributed by atoms with Gasteiger partial charge in [-0.2, -0.15) is 0 Å². The summed E-state index contributed by atoms with van der Waals surface area (Å²) in [6.45, 7) is 1.78. The lowest BCUT2D eigenvalue weighted by atomic mass is 10.2. The number of rotatable bonds is 7. The van der Waals surface area contributed by atoms with Crippen LogP contribution in [0.15, 0.2) is 47.4 Å². The number of hydrogen-bond acceptors (Lipinski definition) is 4. The molecule has 0 aliphatic rings. The molecule has 0 saturated carbocycles. The first-order valence-corrected chi connectivity index (χ1v) is 9.97. The van der Waals surface area contributed by atoms with Crippen molar-refractivity contribution >= 4 is 39.1 Å². The Morgan fingerprint density at radius 1 is 1.11 bits per heavy atom. The average Bonchev–Trinajstić information content (AvgIpc) is 2.63. The van der Waals surface area contributed by atoms with Crippen LogP contribution in [0.2, 0.25) is 5.02 Å². The molecule has 0 spiro atoms. The minimum Gasteiger partial charge on any atom is -0.351 e. The number of halogens is 1. The zero-order valence-electron chi connectivity index (χ0n) is 14.9. The molecule has 0 bridgehead atoms. The monoisotopic (exact) mass is 409 g/mol. The third-order valence-electron chi connectivity index (χ3n) is 3.79. The maximum Gasteiger partial charge on any atom is 0.252 e. The molecule has 3 N–H and O–H groups in total. The van der Waals surface area contributed by atoms with Crippen LogP contribution in [0.25, 0.3) is 0 Å². The van der Waals surface area contributed by atoms with E-state index < -0.39 is 10.0 Å². The summed E-state index contributed by atoms with van der Waals surface area (Å²) in [4.78, 5) is 24.2. The number of carbonyl (C=O) groups is 2. The molecule has 2 aromatic carbocycles. The van der Waals surface area contributed by atoms with Crippen LogP contribution in [0.1, 0.15) is 22.3 Å². The highest BCUT2D eigenvalue weighted by Crippen LogP contribution is 2.20. The number of anilines is 1. The largest absolute Gasteiger partial charge is 0.351 e. The summed E-state index contributed by atoms with van der Waals surface area (Å²) >= 11 is 5.95. The number of sulfonamides is 1. The molecule has 9 heteroatoms. The van der Waals surface area contributed by atoms with E-state index in [1.165, 1.54) is 13.1 Å². The van der Waals surface area contributed by atoms with Crippen molar-refractivity contribution in [1.29, 1.82) is 0 Å². The zero-order chi connectivity index (χ0) is 20.0. The molecule has 0 heterocycles. The minimum atomic E-state index is -3.62. The summed E-state index contributed by atoms with van der Waals surface area (Å²) < 4.78 is 26.2. The quantitative estimate of drug-likeness (QED) is 0.652. The molecule has 2 amide bonds. The fraction of sp³-hybridized carbons (Fsp3) is 0.222. The number of aryl methyl sites for hydroxylation is 1. The molecule has 0 aliphatic heterocycles. The Morgan fingerprint density at radius 2 is 1.81 bits per heavy atom. The second-order valence-electron chi connectivity index (χ2n) is 5.72. The molecule has 0 atom stereocenters. The van der Waals surface area contributed by atoms with Gasteiger partial charge in [0.2, 0.25) is 15.9 Å². The van der Waals surface area contributed by atoms with Gasteiger partial charge in [0.1, 0.15) is 0 Å². The Hall–Kier alpha value is -2.42. The summed E-state index contributed by atoms with van der Waals surface area (Å²) in [7, 11) is -2.30. The SMILES string of the molecule is CNS(=O)(=O)c1cc(NC(=O)CCNC(=O)c2ccccc2Cl)ccc1C. The lowest BCUT2D eigenvalue weighted by molar-refractivity contribution is -0.116. The normalized spacial score (nSPS) is 11.1. The highest BCUT2D eigenvalue weighted by atomic mass is 35.5. The van der Waals surface area contributed by atoms with Crippen molar-refractivity contribution < 1.29 is 18.0 Å². The number of benzene rings is 2. The second-order valence-corrected chi connectivity index (χ2v) is 7.98. The topological polar surface area (TPSA) is 104 Å². The smallest absolute Gasteiger partial charge is 0.252 e. The van der Waals surface area contributed by atoms with Gasteiger partial charge in [-0.15, -0.1) is 0 Å². The molecule has 0 unspecified atom stereocenters. The van der Waals surface area contributed by atoms with E-state index in [4.69, 9.17) is 11.6 Å². The lowest BCUT2D eigenvalue weighted by Gasteiger charge is -2.11. The van der Waals surface area contributed by atoms with Gasteiger partial charge < -0.3 is 10.6 Å². The summed E-state index contributed by atoms with van der Waals surface area (Å²) in [5, 5.41) is 5.57. The van der Waals surface area contributed by atoms with Crippen LogP contribution in [0, 0.1) is 6.92 Å². The molecule has 0 saturated heterocycles. The summed E-state index contributed by atoms with van der Waals surface area (Å²) in [5.41, 5.74) is 1.26. The number of amides is 2. The minimum absolute atomic E-state index is 0.0260. The van der Waals surface area contributed by atoms with Crippen molar-refractivity contribution in [3.05, 3.63) is 58.6 Å². The predicted molar refractivity (Wildman–Crippen MR) is 104 cm³/mol.